The largest absolute Gasteiger partial charge is 0.353 e. The van der Waals surface area contributed by atoms with Crippen molar-refractivity contribution in [2.75, 3.05) is 5.32 Å². The fourth-order valence-corrected chi connectivity index (χ4v) is 1.77. The maximum atomic E-state index is 3.99. The molecule has 2 rings (SSSR count). The van der Waals surface area contributed by atoms with Gasteiger partial charge in [-0.1, -0.05) is 25.5 Å². The van der Waals surface area contributed by atoms with Gasteiger partial charge in [0.2, 0.25) is 0 Å². The highest BCUT2D eigenvalue weighted by Gasteiger charge is 2.00. The van der Waals surface area contributed by atoms with E-state index in [0.29, 0.717) is 0 Å². The number of rotatable bonds is 5. The van der Waals surface area contributed by atoms with Crippen LogP contribution in [0.15, 0.2) is 30.5 Å². The number of aryl methyl sites for hydroxylation is 2. The smallest absolute Gasteiger partial charge is 0.0797 e. The standard InChI is InChI=1S/C14H19N3/c1-3-4-5-12-6-8-13(9-7-12)16-14-10-15-17-11(14)2/h6-10,16H,3-5H2,1-2H3,(H,15,17). The maximum absolute atomic E-state index is 3.99. The van der Waals surface area contributed by atoms with Crippen LogP contribution in [-0.2, 0) is 6.42 Å². The summed E-state index contributed by atoms with van der Waals surface area (Å²) in [6.45, 7) is 4.22. The fraction of sp³-hybridized carbons (Fsp3) is 0.357. The zero-order chi connectivity index (χ0) is 12.1. The SMILES string of the molecule is CCCCc1ccc(Nc2cn[nH]c2C)cc1. The molecule has 3 nitrogen and oxygen atoms in total. The van der Waals surface area contributed by atoms with Gasteiger partial charge < -0.3 is 5.32 Å². The molecule has 1 heterocycles. The quantitative estimate of drug-likeness (QED) is 0.818. The van der Waals surface area contributed by atoms with Crippen molar-refractivity contribution in [3.8, 4) is 0 Å². The van der Waals surface area contributed by atoms with E-state index in [1.54, 1.807) is 6.20 Å². The zero-order valence-corrected chi connectivity index (χ0v) is 10.5. The Morgan fingerprint density at radius 1 is 1.24 bits per heavy atom. The second-order valence-electron chi connectivity index (χ2n) is 4.33. The Balaban J connectivity index is 2.01. The molecule has 17 heavy (non-hydrogen) atoms. The minimum atomic E-state index is 1.03. The van der Waals surface area contributed by atoms with Crippen molar-refractivity contribution < 1.29 is 0 Å². The van der Waals surface area contributed by atoms with E-state index in [1.807, 2.05) is 6.92 Å². The van der Waals surface area contributed by atoms with Crippen LogP contribution in [0.2, 0.25) is 0 Å². The lowest BCUT2D eigenvalue weighted by atomic mass is 10.1. The normalized spacial score (nSPS) is 10.5. The van der Waals surface area contributed by atoms with Gasteiger partial charge in [-0.15, -0.1) is 0 Å². The molecule has 3 heteroatoms. The van der Waals surface area contributed by atoms with Gasteiger partial charge in [0.25, 0.3) is 0 Å². The fourth-order valence-electron chi connectivity index (χ4n) is 1.77. The number of aromatic nitrogens is 2. The highest BCUT2D eigenvalue weighted by molar-refractivity contribution is 5.60. The van der Waals surface area contributed by atoms with E-state index >= 15 is 0 Å². The summed E-state index contributed by atoms with van der Waals surface area (Å²) in [7, 11) is 0. The summed E-state index contributed by atoms with van der Waals surface area (Å²) in [4.78, 5) is 0. The monoisotopic (exact) mass is 229 g/mol. The van der Waals surface area contributed by atoms with Crippen LogP contribution in [0.3, 0.4) is 0 Å². The second kappa shape index (κ2) is 5.53. The van der Waals surface area contributed by atoms with Gasteiger partial charge in [-0.25, -0.2) is 0 Å². The summed E-state index contributed by atoms with van der Waals surface area (Å²) >= 11 is 0. The zero-order valence-electron chi connectivity index (χ0n) is 10.5. The highest BCUT2D eigenvalue weighted by atomic mass is 15.1. The van der Waals surface area contributed by atoms with Gasteiger partial charge in [0, 0.05) is 5.69 Å². The van der Waals surface area contributed by atoms with Crippen LogP contribution in [0.25, 0.3) is 0 Å². The number of benzene rings is 1. The Kier molecular flexibility index (Phi) is 3.81. The Bertz CT molecular complexity index is 457. The number of unbranched alkanes of at least 4 members (excludes halogenated alkanes) is 1. The molecular formula is C14H19N3. The molecular weight excluding hydrogens is 210 g/mol. The van der Waals surface area contributed by atoms with Crippen LogP contribution >= 0.6 is 0 Å². The third-order valence-electron chi connectivity index (χ3n) is 2.88. The lowest BCUT2D eigenvalue weighted by Gasteiger charge is -2.06. The van der Waals surface area contributed by atoms with Crippen molar-refractivity contribution in [3.63, 3.8) is 0 Å². The minimum absolute atomic E-state index is 1.03. The van der Waals surface area contributed by atoms with Crippen molar-refractivity contribution in [2.24, 2.45) is 0 Å². The molecule has 0 fully saturated rings. The number of H-pyrrole nitrogens is 1. The molecule has 1 aromatic heterocycles. The average molecular weight is 229 g/mol. The summed E-state index contributed by atoms with van der Waals surface area (Å²) < 4.78 is 0. The van der Waals surface area contributed by atoms with Crippen LogP contribution in [0, 0.1) is 6.92 Å². The first kappa shape index (κ1) is 11.7. The molecule has 0 aliphatic rings. The molecule has 0 spiro atoms. The van der Waals surface area contributed by atoms with Gasteiger partial charge >= 0.3 is 0 Å². The van der Waals surface area contributed by atoms with E-state index in [-0.39, 0.29) is 0 Å². The lowest BCUT2D eigenvalue weighted by Crippen LogP contribution is -1.91. The van der Waals surface area contributed by atoms with Crippen molar-refractivity contribution in [3.05, 3.63) is 41.7 Å². The molecule has 2 N–H and O–H groups in total. The lowest BCUT2D eigenvalue weighted by molar-refractivity contribution is 0.795. The molecule has 0 radical (unpaired) electrons. The van der Waals surface area contributed by atoms with Crippen LogP contribution in [0.5, 0.6) is 0 Å². The number of hydrogen-bond donors (Lipinski definition) is 2. The van der Waals surface area contributed by atoms with Gasteiger partial charge in [-0.3, -0.25) is 5.10 Å². The van der Waals surface area contributed by atoms with E-state index in [1.165, 1.54) is 24.8 Å². The predicted octanol–water partition coefficient (Wildman–Crippen LogP) is 3.80. The molecule has 0 saturated carbocycles. The van der Waals surface area contributed by atoms with Gasteiger partial charge in [0.1, 0.15) is 0 Å². The molecule has 0 saturated heterocycles. The highest BCUT2D eigenvalue weighted by Crippen LogP contribution is 2.19. The van der Waals surface area contributed by atoms with E-state index < -0.39 is 0 Å². The number of anilines is 2. The van der Waals surface area contributed by atoms with Crippen LogP contribution in [-0.4, -0.2) is 10.2 Å². The molecule has 0 aliphatic carbocycles. The van der Waals surface area contributed by atoms with Gasteiger partial charge in [-0.2, -0.15) is 5.10 Å². The Labute approximate surface area is 102 Å². The summed E-state index contributed by atoms with van der Waals surface area (Å²) in [6, 6.07) is 8.62. The number of aromatic amines is 1. The molecule has 0 bridgehead atoms. The van der Waals surface area contributed by atoms with Crippen molar-refractivity contribution in [2.45, 2.75) is 33.1 Å². The molecule has 2 aromatic rings. The van der Waals surface area contributed by atoms with Crippen LogP contribution in [0.1, 0.15) is 31.0 Å². The first-order chi connectivity index (χ1) is 8.29. The third-order valence-corrected chi connectivity index (χ3v) is 2.88. The predicted molar refractivity (Wildman–Crippen MR) is 71.7 cm³/mol. The van der Waals surface area contributed by atoms with E-state index in [2.05, 4.69) is 46.7 Å². The first-order valence-electron chi connectivity index (χ1n) is 6.15. The second-order valence-corrected chi connectivity index (χ2v) is 4.33. The number of nitrogens with zero attached hydrogens (tertiary/aromatic N) is 1. The Morgan fingerprint density at radius 3 is 2.59 bits per heavy atom. The molecule has 90 valence electrons. The number of hydrogen-bond acceptors (Lipinski definition) is 2. The molecule has 0 aliphatic heterocycles. The van der Waals surface area contributed by atoms with Crippen LogP contribution < -0.4 is 5.32 Å². The molecule has 0 amide bonds. The summed E-state index contributed by atoms with van der Waals surface area (Å²) in [5, 5.41) is 10.2. The molecule has 0 unspecified atom stereocenters. The van der Waals surface area contributed by atoms with Crippen molar-refractivity contribution in [1.82, 2.24) is 10.2 Å². The molecule has 1 aromatic carbocycles. The average Bonchev–Trinajstić information content (AvgIpc) is 2.74. The minimum Gasteiger partial charge on any atom is -0.353 e. The van der Waals surface area contributed by atoms with Gasteiger partial charge in [-0.05, 0) is 37.5 Å². The third kappa shape index (κ3) is 3.09. The van der Waals surface area contributed by atoms with Crippen molar-refractivity contribution in [1.29, 1.82) is 0 Å². The van der Waals surface area contributed by atoms with Gasteiger partial charge in [0.15, 0.2) is 0 Å². The topological polar surface area (TPSA) is 40.7 Å². The summed E-state index contributed by atoms with van der Waals surface area (Å²) in [5.41, 5.74) is 4.60. The van der Waals surface area contributed by atoms with Gasteiger partial charge in [0.05, 0.1) is 17.6 Å². The molecule has 0 atom stereocenters. The van der Waals surface area contributed by atoms with E-state index in [9.17, 15) is 0 Å². The van der Waals surface area contributed by atoms with E-state index in [4.69, 9.17) is 0 Å². The van der Waals surface area contributed by atoms with Crippen LogP contribution in [0.4, 0.5) is 11.4 Å². The Hall–Kier alpha value is -1.77. The van der Waals surface area contributed by atoms with E-state index in [0.717, 1.165) is 17.1 Å². The number of nitrogens with one attached hydrogen (secondary N) is 2. The maximum Gasteiger partial charge on any atom is 0.0797 e. The summed E-state index contributed by atoms with van der Waals surface area (Å²) in [5.74, 6) is 0. The van der Waals surface area contributed by atoms with Crippen molar-refractivity contribution >= 4 is 11.4 Å². The Morgan fingerprint density at radius 2 is 2.00 bits per heavy atom. The first-order valence-corrected chi connectivity index (χ1v) is 6.15. The summed E-state index contributed by atoms with van der Waals surface area (Å²) in [6.07, 6.45) is 5.48.